The normalized spacial score (nSPS) is 17.3. The molecule has 0 atom stereocenters. The summed E-state index contributed by atoms with van der Waals surface area (Å²) in [6, 6.07) is 8.09. The molecule has 0 aliphatic carbocycles. The lowest BCUT2D eigenvalue weighted by molar-refractivity contribution is -0.137. The van der Waals surface area contributed by atoms with Gasteiger partial charge in [-0.3, -0.25) is 4.99 Å². The number of anilines is 1. The highest BCUT2D eigenvalue weighted by Crippen LogP contribution is 2.29. The molecule has 0 aromatic heterocycles. The first-order chi connectivity index (χ1) is 12.1. The van der Waals surface area contributed by atoms with Crippen molar-refractivity contribution in [1.82, 2.24) is 4.72 Å². The predicted octanol–water partition coefficient (Wildman–Crippen LogP) is 3.15. The van der Waals surface area contributed by atoms with Gasteiger partial charge in [0, 0.05) is 6.54 Å². The zero-order chi connectivity index (χ0) is 18.9. The third kappa shape index (κ3) is 3.96. The molecule has 3 rings (SSSR count). The lowest BCUT2D eigenvalue weighted by Crippen LogP contribution is -2.41. The Morgan fingerprint density at radius 1 is 1.08 bits per heavy atom. The molecular formula is C16H13F4N3O2S. The van der Waals surface area contributed by atoms with Crippen LogP contribution >= 0.6 is 0 Å². The van der Waals surface area contributed by atoms with E-state index in [9.17, 15) is 26.0 Å². The van der Waals surface area contributed by atoms with Crippen LogP contribution in [-0.2, 0) is 22.6 Å². The second-order valence-corrected chi connectivity index (χ2v) is 7.20. The van der Waals surface area contributed by atoms with Gasteiger partial charge in [-0.2, -0.15) is 13.2 Å². The van der Waals surface area contributed by atoms with E-state index in [1.54, 1.807) is 0 Å². The molecule has 138 valence electrons. The first-order valence-corrected chi connectivity index (χ1v) is 8.93. The highest BCUT2D eigenvalue weighted by Gasteiger charge is 2.30. The van der Waals surface area contributed by atoms with Gasteiger partial charge in [0.1, 0.15) is 10.7 Å². The van der Waals surface area contributed by atoms with E-state index in [1.807, 2.05) is 0 Å². The van der Waals surface area contributed by atoms with Gasteiger partial charge in [-0.1, -0.05) is 18.2 Å². The van der Waals surface area contributed by atoms with Crippen molar-refractivity contribution < 1.29 is 26.0 Å². The van der Waals surface area contributed by atoms with Crippen LogP contribution in [0.25, 0.3) is 0 Å². The summed E-state index contributed by atoms with van der Waals surface area (Å²) < 4.78 is 77.7. The Hall–Kier alpha value is -2.62. The second-order valence-electron chi connectivity index (χ2n) is 5.55. The SMILES string of the molecule is O=S1(=O)NC(=NCCc2cccc(C(F)(F)F)c2)Nc2ccc(F)cc21. The molecule has 2 N–H and O–H groups in total. The molecule has 0 spiro atoms. The maximum atomic E-state index is 13.2. The number of sulfonamides is 1. The average Bonchev–Trinajstić information content (AvgIpc) is 2.55. The third-order valence-electron chi connectivity index (χ3n) is 3.64. The first kappa shape index (κ1) is 18.2. The van der Waals surface area contributed by atoms with E-state index < -0.39 is 27.6 Å². The van der Waals surface area contributed by atoms with Crippen molar-refractivity contribution in [2.24, 2.45) is 4.99 Å². The Morgan fingerprint density at radius 3 is 2.58 bits per heavy atom. The average molecular weight is 387 g/mol. The van der Waals surface area contributed by atoms with Gasteiger partial charge in [-0.05, 0) is 36.2 Å². The van der Waals surface area contributed by atoms with E-state index in [0.717, 1.165) is 24.3 Å². The number of fused-ring (bicyclic) bond motifs is 1. The van der Waals surface area contributed by atoms with Gasteiger partial charge in [-0.25, -0.2) is 17.5 Å². The third-order valence-corrected chi connectivity index (χ3v) is 5.02. The van der Waals surface area contributed by atoms with Crippen LogP contribution in [0.1, 0.15) is 11.1 Å². The minimum Gasteiger partial charge on any atom is -0.324 e. The fraction of sp³-hybridized carbons (Fsp3) is 0.188. The van der Waals surface area contributed by atoms with Crippen LogP contribution in [0.3, 0.4) is 0 Å². The minimum absolute atomic E-state index is 0.0582. The van der Waals surface area contributed by atoms with Crippen molar-refractivity contribution in [3.05, 3.63) is 59.4 Å². The standard InChI is InChI=1S/C16H13F4N3O2S/c17-12-4-5-13-14(9-12)26(24,25)23-15(22-13)21-7-6-10-2-1-3-11(8-10)16(18,19)20/h1-5,8-9H,6-7H2,(H2,21,22,23). The Bertz CT molecular complexity index is 972. The monoisotopic (exact) mass is 387 g/mol. The predicted molar refractivity (Wildman–Crippen MR) is 87.8 cm³/mol. The molecule has 0 amide bonds. The zero-order valence-corrected chi connectivity index (χ0v) is 14.0. The van der Waals surface area contributed by atoms with Crippen molar-refractivity contribution in [2.45, 2.75) is 17.5 Å². The van der Waals surface area contributed by atoms with E-state index in [2.05, 4.69) is 15.0 Å². The number of aliphatic imine (C=N–C) groups is 1. The number of guanidine groups is 1. The number of nitrogens with zero attached hydrogens (tertiary/aromatic N) is 1. The van der Waals surface area contributed by atoms with Crippen LogP contribution in [0.2, 0.25) is 0 Å². The maximum absolute atomic E-state index is 13.2. The van der Waals surface area contributed by atoms with Gasteiger partial charge < -0.3 is 5.32 Å². The number of hydrogen-bond donors (Lipinski definition) is 2. The fourth-order valence-corrected chi connectivity index (χ4v) is 3.59. The summed E-state index contributed by atoms with van der Waals surface area (Å²) in [5.74, 6) is -0.767. The van der Waals surface area contributed by atoms with Crippen molar-refractivity contribution in [3.63, 3.8) is 0 Å². The molecule has 2 aromatic rings. The summed E-state index contributed by atoms with van der Waals surface area (Å²) in [5, 5.41) is 2.71. The topological polar surface area (TPSA) is 70.6 Å². The highest BCUT2D eigenvalue weighted by atomic mass is 32.2. The molecule has 1 aliphatic rings. The van der Waals surface area contributed by atoms with Gasteiger partial charge in [0.05, 0.1) is 11.3 Å². The molecule has 0 fully saturated rings. The van der Waals surface area contributed by atoms with E-state index in [4.69, 9.17) is 0 Å². The molecule has 10 heteroatoms. The summed E-state index contributed by atoms with van der Waals surface area (Å²) in [6.45, 7) is 0.0582. The Balaban J connectivity index is 1.74. The van der Waals surface area contributed by atoms with Crippen LogP contribution in [0, 0.1) is 5.82 Å². The Labute approximate surface area is 146 Å². The Morgan fingerprint density at radius 2 is 1.85 bits per heavy atom. The molecular weight excluding hydrogens is 374 g/mol. The minimum atomic E-state index is -4.43. The summed E-state index contributed by atoms with van der Waals surface area (Å²) >= 11 is 0. The van der Waals surface area contributed by atoms with E-state index in [-0.39, 0.29) is 29.5 Å². The lowest BCUT2D eigenvalue weighted by Gasteiger charge is -2.21. The number of rotatable bonds is 3. The van der Waals surface area contributed by atoms with Crippen LogP contribution in [-0.4, -0.2) is 20.9 Å². The molecule has 0 saturated heterocycles. The van der Waals surface area contributed by atoms with Gasteiger partial charge in [0.2, 0.25) is 5.96 Å². The van der Waals surface area contributed by atoms with Crippen molar-refractivity contribution in [1.29, 1.82) is 0 Å². The lowest BCUT2D eigenvalue weighted by atomic mass is 10.1. The zero-order valence-electron chi connectivity index (χ0n) is 13.1. The fourth-order valence-electron chi connectivity index (χ4n) is 2.43. The smallest absolute Gasteiger partial charge is 0.324 e. The molecule has 2 aromatic carbocycles. The number of benzene rings is 2. The van der Waals surface area contributed by atoms with Crippen LogP contribution in [0.4, 0.5) is 23.2 Å². The Kier molecular flexibility index (Phi) is 4.61. The van der Waals surface area contributed by atoms with Crippen LogP contribution in [0.5, 0.6) is 0 Å². The maximum Gasteiger partial charge on any atom is 0.416 e. The molecule has 1 aliphatic heterocycles. The van der Waals surface area contributed by atoms with Crippen LogP contribution in [0.15, 0.2) is 52.4 Å². The number of nitrogens with one attached hydrogen (secondary N) is 2. The largest absolute Gasteiger partial charge is 0.416 e. The van der Waals surface area contributed by atoms with Gasteiger partial charge >= 0.3 is 6.18 Å². The number of hydrogen-bond acceptors (Lipinski definition) is 3. The van der Waals surface area contributed by atoms with Gasteiger partial charge in [0.15, 0.2) is 0 Å². The number of halogens is 4. The molecule has 0 saturated carbocycles. The highest BCUT2D eigenvalue weighted by molar-refractivity contribution is 7.90. The van der Waals surface area contributed by atoms with Crippen molar-refractivity contribution in [2.75, 3.05) is 11.9 Å². The van der Waals surface area contributed by atoms with Crippen molar-refractivity contribution in [3.8, 4) is 0 Å². The molecule has 0 bridgehead atoms. The van der Waals surface area contributed by atoms with Gasteiger partial charge in [0.25, 0.3) is 10.0 Å². The first-order valence-electron chi connectivity index (χ1n) is 7.45. The molecule has 26 heavy (non-hydrogen) atoms. The molecule has 0 radical (unpaired) electrons. The van der Waals surface area contributed by atoms with Gasteiger partial charge in [-0.15, -0.1) is 0 Å². The van der Waals surface area contributed by atoms with E-state index in [0.29, 0.717) is 5.56 Å². The quantitative estimate of drug-likeness (QED) is 0.795. The second kappa shape index (κ2) is 6.60. The number of alkyl halides is 3. The summed E-state index contributed by atoms with van der Waals surface area (Å²) in [6.07, 6.45) is -4.24. The molecule has 5 nitrogen and oxygen atoms in total. The summed E-state index contributed by atoms with van der Waals surface area (Å²) in [5.41, 5.74) is -0.164. The molecule has 0 unspecified atom stereocenters. The molecule has 1 heterocycles. The van der Waals surface area contributed by atoms with Crippen LogP contribution < -0.4 is 10.0 Å². The van der Waals surface area contributed by atoms with E-state index in [1.165, 1.54) is 18.2 Å². The van der Waals surface area contributed by atoms with E-state index >= 15 is 0 Å². The summed E-state index contributed by atoms with van der Waals surface area (Å²) in [4.78, 5) is 3.79. The summed E-state index contributed by atoms with van der Waals surface area (Å²) in [7, 11) is -3.97. The van der Waals surface area contributed by atoms with Crippen molar-refractivity contribution >= 4 is 21.7 Å².